The average Bonchev–Trinajstić information content (AvgIpc) is 3.29. The van der Waals surface area contributed by atoms with Crippen molar-refractivity contribution in [1.29, 1.82) is 0 Å². The Morgan fingerprint density at radius 3 is 2.97 bits per heavy atom. The fourth-order valence-corrected chi connectivity index (χ4v) is 3.92. The zero-order chi connectivity index (χ0) is 20.4. The van der Waals surface area contributed by atoms with Gasteiger partial charge in [0.25, 0.3) is 0 Å². The second-order valence-electron chi connectivity index (χ2n) is 5.86. The van der Waals surface area contributed by atoms with E-state index >= 15 is 0 Å². The molecule has 2 N–H and O–H groups in total. The molecule has 0 saturated heterocycles. The molecule has 0 fully saturated rings. The minimum absolute atomic E-state index is 0.148. The van der Waals surface area contributed by atoms with E-state index in [0.717, 1.165) is 3.57 Å². The minimum atomic E-state index is -0.607. The van der Waals surface area contributed by atoms with Crippen molar-refractivity contribution in [3.63, 3.8) is 0 Å². The number of rotatable bonds is 5. The Morgan fingerprint density at radius 1 is 1.31 bits per heavy atom. The summed E-state index contributed by atoms with van der Waals surface area (Å²) in [5.41, 5.74) is 1.08. The van der Waals surface area contributed by atoms with Crippen molar-refractivity contribution >= 4 is 68.0 Å². The van der Waals surface area contributed by atoms with Crippen LogP contribution < -0.4 is 4.74 Å². The van der Waals surface area contributed by atoms with Crippen molar-refractivity contribution in [3.8, 4) is 11.6 Å². The highest BCUT2D eigenvalue weighted by molar-refractivity contribution is 14.1. The van der Waals surface area contributed by atoms with Crippen molar-refractivity contribution in [1.82, 2.24) is 9.97 Å². The first-order chi connectivity index (χ1) is 14.0. The number of azo groups is 1. The third-order valence-electron chi connectivity index (χ3n) is 3.91. The molecule has 1 amide bonds. The van der Waals surface area contributed by atoms with E-state index in [0.29, 0.717) is 26.7 Å². The third-order valence-corrected chi connectivity index (χ3v) is 5.72. The van der Waals surface area contributed by atoms with Crippen LogP contribution in [0.5, 0.6) is 11.6 Å². The van der Waals surface area contributed by atoms with E-state index in [4.69, 9.17) is 16.3 Å². The SMILES string of the molecule is O=C(N=Nc1c(O)[nH]c2ccc(I)cc12)c1csc(COc2ccccc2Cl)n1. The van der Waals surface area contributed by atoms with Crippen LogP contribution in [0, 0.1) is 3.57 Å². The molecule has 0 bridgehead atoms. The number of fused-ring (bicyclic) bond motifs is 1. The zero-order valence-electron chi connectivity index (χ0n) is 14.6. The van der Waals surface area contributed by atoms with Gasteiger partial charge in [0.05, 0.1) is 10.5 Å². The summed E-state index contributed by atoms with van der Waals surface area (Å²) in [6, 6.07) is 12.7. The van der Waals surface area contributed by atoms with Gasteiger partial charge in [-0.05, 0) is 52.9 Å². The van der Waals surface area contributed by atoms with E-state index in [1.807, 2.05) is 30.3 Å². The molecule has 0 saturated carbocycles. The van der Waals surface area contributed by atoms with Crippen molar-refractivity contribution in [2.24, 2.45) is 10.2 Å². The van der Waals surface area contributed by atoms with Crippen LogP contribution in [0.25, 0.3) is 10.9 Å². The van der Waals surface area contributed by atoms with Crippen LogP contribution in [-0.4, -0.2) is 21.0 Å². The Morgan fingerprint density at radius 2 is 2.14 bits per heavy atom. The van der Waals surface area contributed by atoms with E-state index in [9.17, 15) is 9.90 Å². The first-order valence-electron chi connectivity index (χ1n) is 8.29. The van der Waals surface area contributed by atoms with E-state index in [1.165, 1.54) is 11.3 Å². The molecule has 0 aliphatic heterocycles. The standard InChI is InChI=1S/C19H12ClIN4O3S/c20-12-3-1-2-4-15(12)28-8-16-22-14(9-29-16)18(26)25-24-17-11-7-10(21)5-6-13(11)23-19(17)27/h1-7,9,23,27H,8H2. The van der Waals surface area contributed by atoms with Crippen molar-refractivity contribution in [2.75, 3.05) is 0 Å². The van der Waals surface area contributed by atoms with Gasteiger partial charge in [-0.1, -0.05) is 23.7 Å². The number of thiazole rings is 1. The topological polar surface area (TPSA) is 99.9 Å². The Balaban J connectivity index is 1.48. The number of carbonyl (C=O) groups is 1. The Bertz CT molecular complexity index is 1240. The summed E-state index contributed by atoms with van der Waals surface area (Å²) in [6.07, 6.45) is 0. The first kappa shape index (κ1) is 19.8. The van der Waals surface area contributed by atoms with Crippen LogP contribution in [0.15, 0.2) is 58.1 Å². The summed E-state index contributed by atoms with van der Waals surface area (Å²) >= 11 is 9.49. The van der Waals surface area contributed by atoms with Crippen molar-refractivity contribution in [2.45, 2.75) is 6.61 Å². The number of hydrogen-bond acceptors (Lipinski definition) is 6. The summed E-state index contributed by atoms with van der Waals surface area (Å²) in [6.45, 7) is 0.181. The van der Waals surface area contributed by atoms with E-state index < -0.39 is 5.91 Å². The number of hydrogen-bond donors (Lipinski definition) is 2. The normalized spacial score (nSPS) is 11.4. The Hall–Kier alpha value is -2.50. The molecule has 7 nitrogen and oxygen atoms in total. The summed E-state index contributed by atoms with van der Waals surface area (Å²) in [5.74, 6) is -0.211. The molecule has 0 aliphatic carbocycles. The van der Waals surface area contributed by atoms with Gasteiger partial charge in [0.1, 0.15) is 23.1 Å². The molecular formula is C19H12ClIN4O3S. The van der Waals surface area contributed by atoms with Gasteiger partial charge in [-0.25, -0.2) is 4.98 Å². The van der Waals surface area contributed by atoms with Crippen molar-refractivity contribution in [3.05, 3.63) is 67.1 Å². The summed E-state index contributed by atoms with van der Waals surface area (Å²) in [5, 5.41) is 21.1. The van der Waals surface area contributed by atoms with E-state index in [1.54, 1.807) is 17.5 Å². The molecular weight excluding hydrogens is 527 g/mol. The lowest BCUT2D eigenvalue weighted by Crippen LogP contribution is -1.98. The molecule has 29 heavy (non-hydrogen) atoms. The number of aromatic nitrogens is 2. The molecule has 10 heteroatoms. The van der Waals surface area contributed by atoms with Crippen LogP contribution in [0.3, 0.4) is 0 Å². The van der Waals surface area contributed by atoms with Gasteiger partial charge < -0.3 is 14.8 Å². The molecule has 0 atom stereocenters. The molecule has 0 radical (unpaired) electrons. The van der Waals surface area contributed by atoms with Crippen LogP contribution in [0.2, 0.25) is 5.02 Å². The number of para-hydroxylation sites is 1. The zero-order valence-corrected chi connectivity index (χ0v) is 18.3. The smallest absolute Gasteiger partial charge is 0.314 e. The molecule has 0 aliphatic rings. The number of H-pyrrole nitrogens is 1. The molecule has 2 heterocycles. The fourth-order valence-electron chi connectivity index (χ4n) is 2.56. The monoisotopic (exact) mass is 538 g/mol. The van der Waals surface area contributed by atoms with Gasteiger partial charge in [-0.15, -0.1) is 21.6 Å². The maximum absolute atomic E-state index is 12.3. The molecule has 4 aromatic rings. The highest BCUT2D eigenvalue weighted by atomic mass is 127. The Kier molecular flexibility index (Phi) is 5.79. The third kappa shape index (κ3) is 4.41. The quantitative estimate of drug-likeness (QED) is 0.237. The molecule has 2 aromatic carbocycles. The number of ether oxygens (including phenoxy) is 1. The van der Waals surface area contributed by atoms with E-state index in [2.05, 4.69) is 42.8 Å². The maximum atomic E-state index is 12.3. The van der Waals surface area contributed by atoms with Gasteiger partial charge in [0.2, 0.25) is 5.88 Å². The van der Waals surface area contributed by atoms with Gasteiger partial charge in [-0.3, -0.25) is 4.79 Å². The summed E-state index contributed by atoms with van der Waals surface area (Å²) in [7, 11) is 0. The second kappa shape index (κ2) is 8.47. The van der Waals surface area contributed by atoms with E-state index in [-0.39, 0.29) is 23.9 Å². The summed E-state index contributed by atoms with van der Waals surface area (Å²) < 4.78 is 6.59. The lowest BCUT2D eigenvalue weighted by molar-refractivity contribution is 0.0990. The number of aromatic amines is 1. The number of halogens is 2. The predicted molar refractivity (Wildman–Crippen MR) is 119 cm³/mol. The average molecular weight is 539 g/mol. The largest absolute Gasteiger partial charge is 0.493 e. The van der Waals surface area contributed by atoms with Gasteiger partial charge in [-0.2, -0.15) is 0 Å². The lowest BCUT2D eigenvalue weighted by atomic mass is 10.2. The number of amides is 1. The summed E-state index contributed by atoms with van der Waals surface area (Å²) in [4.78, 5) is 19.4. The van der Waals surface area contributed by atoms with Gasteiger partial charge in [0, 0.05) is 14.3 Å². The second-order valence-corrected chi connectivity index (χ2v) is 8.46. The minimum Gasteiger partial charge on any atom is -0.493 e. The number of aromatic hydroxyl groups is 1. The molecule has 2 aromatic heterocycles. The number of carbonyl (C=O) groups excluding carboxylic acids is 1. The van der Waals surface area contributed by atoms with Crippen LogP contribution >= 0.6 is 45.5 Å². The van der Waals surface area contributed by atoms with Crippen molar-refractivity contribution < 1.29 is 14.6 Å². The Labute approximate surface area is 187 Å². The molecule has 0 spiro atoms. The highest BCUT2D eigenvalue weighted by Crippen LogP contribution is 2.36. The lowest BCUT2D eigenvalue weighted by Gasteiger charge is -2.05. The van der Waals surface area contributed by atoms with Crippen LogP contribution in [0.4, 0.5) is 5.69 Å². The predicted octanol–water partition coefficient (Wildman–Crippen LogP) is 6.09. The van der Waals surface area contributed by atoms with Gasteiger partial charge >= 0.3 is 5.91 Å². The fraction of sp³-hybridized carbons (Fsp3) is 0.0526. The van der Waals surface area contributed by atoms with Crippen LogP contribution in [0.1, 0.15) is 15.5 Å². The molecule has 146 valence electrons. The molecule has 0 unspecified atom stereocenters. The number of nitrogens with zero attached hydrogens (tertiary/aromatic N) is 3. The first-order valence-corrected chi connectivity index (χ1v) is 10.6. The van der Waals surface area contributed by atoms with Crippen LogP contribution in [-0.2, 0) is 6.61 Å². The maximum Gasteiger partial charge on any atom is 0.314 e. The van der Waals surface area contributed by atoms with Gasteiger partial charge in [0.15, 0.2) is 5.69 Å². The highest BCUT2D eigenvalue weighted by Gasteiger charge is 2.14. The number of benzene rings is 2. The molecule has 4 rings (SSSR count). The number of nitrogens with one attached hydrogen (secondary N) is 1.